The number of carbonyl (C=O) groups is 1. The van der Waals surface area contributed by atoms with Gasteiger partial charge in [-0.15, -0.1) is 0 Å². The van der Waals surface area contributed by atoms with Crippen LogP contribution in [0.2, 0.25) is 0 Å². The molecular weight excluding hydrogens is 224 g/mol. The number of hydrogen-bond acceptors (Lipinski definition) is 2. The fourth-order valence-corrected chi connectivity index (χ4v) is 2.70. The SMILES string of the molecule is CCCC(CN)C(=O)NC1CCc2ccccc21. The first-order valence-electron chi connectivity index (χ1n) is 6.84. The molecule has 2 unspecified atom stereocenters. The lowest BCUT2D eigenvalue weighted by molar-refractivity contribution is -0.125. The minimum Gasteiger partial charge on any atom is -0.349 e. The molecule has 1 aromatic carbocycles. The average molecular weight is 246 g/mol. The average Bonchev–Trinajstić information content (AvgIpc) is 2.79. The van der Waals surface area contributed by atoms with E-state index in [4.69, 9.17) is 5.73 Å². The third kappa shape index (κ3) is 2.72. The third-order valence-corrected chi connectivity index (χ3v) is 3.74. The van der Waals surface area contributed by atoms with Gasteiger partial charge in [-0.3, -0.25) is 4.79 Å². The van der Waals surface area contributed by atoms with Crippen LogP contribution < -0.4 is 11.1 Å². The Kier molecular flexibility index (Phi) is 4.37. The topological polar surface area (TPSA) is 55.1 Å². The summed E-state index contributed by atoms with van der Waals surface area (Å²) in [5.41, 5.74) is 8.31. The van der Waals surface area contributed by atoms with Gasteiger partial charge in [-0.1, -0.05) is 37.6 Å². The van der Waals surface area contributed by atoms with E-state index < -0.39 is 0 Å². The first-order chi connectivity index (χ1) is 8.76. The van der Waals surface area contributed by atoms with Gasteiger partial charge in [-0.25, -0.2) is 0 Å². The molecule has 18 heavy (non-hydrogen) atoms. The summed E-state index contributed by atoms with van der Waals surface area (Å²) in [4.78, 5) is 12.1. The largest absolute Gasteiger partial charge is 0.349 e. The van der Waals surface area contributed by atoms with E-state index in [-0.39, 0.29) is 17.9 Å². The lowest BCUT2D eigenvalue weighted by Crippen LogP contribution is -2.36. The van der Waals surface area contributed by atoms with Gasteiger partial charge in [0.1, 0.15) is 0 Å². The molecule has 0 heterocycles. The maximum absolute atomic E-state index is 12.1. The maximum Gasteiger partial charge on any atom is 0.224 e. The molecule has 98 valence electrons. The van der Waals surface area contributed by atoms with Crippen LogP contribution in [-0.4, -0.2) is 12.5 Å². The van der Waals surface area contributed by atoms with Crippen LogP contribution in [0.15, 0.2) is 24.3 Å². The van der Waals surface area contributed by atoms with Crippen LogP contribution in [0.25, 0.3) is 0 Å². The molecule has 0 fully saturated rings. The van der Waals surface area contributed by atoms with Crippen molar-refractivity contribution in [3.05, 3.63) is 35.4 Å². The number of benzene rings is 1. The van der Waals surface area contributed by atoms with Crippen LogP contribution in [0.5, 0.6) is 0 Å². The van der Waals surface area contributed by atoms with Gasteiger partial charge in [0.25, 0.3) is 0 Å². The number of amides is 1. The fraction of sp³-hybridized carbons (Fsp3) is 0.533. The van der Waals surface area contributed by atoms with Gasteiger partial charge in [-0.2, -0.15) is 0 Å². The molecule has 1 aliphatic rings. The molecule has 0 aromatic heterocycles. The second kappa shape index (κ2) is 6.01. The predicted molar refractivity (Wildman–Crippen MR) is 73.1 cm³/mol. The Hall–Kier alpha value is -1.35. The van der Waals surface area contributed by atoms with Crippen molar-refractivity contribution in [2.45, 2.75) is 38.6 Å². The lowest BCUT2D eigenvalue weighted by Gasteiger charge is -2.19. The molecule has 0 saturated heterocycles. The predicted octanol–water partition coefficient (Wildman–Crippen LogP) is 2.17. The summed E-state index contributed by atoms with van der Waals surface area (Å²) in [6.45, 7) is 2.52. The number of hydrogen-bond donors (Lipinski definition) is 2. The summed E-state index contributed by atoms with van der Waals surface area (Å²) in [5, 5.41) is 3.15. The minimum atomic E-state index is -0.0391. The van der Waals surface area contributed by atoms with E-state index in [1.165, 1.54) is 11.1 Å². The Balaban J connectivity index is 2.01. The Bertz CT molecular complexity index is 417. The normalized spacial score (nSPS) is 19.3. The van der Waals surface area contributed by atoms with E-state index in [1.54, 1.807) is 0 Å². The number of carbonyl (C=O) groups excluding carboxylic acids is 1. The molecule has 3 nitrogen and oxygen atoms in total. The monoisotopic (exact) mass is 246 g/mol. The molecule has 1 aliphatic carbocycles. The fourth-order valence-electron chi connectivity index (χ4n) is 2.70. The van der Waals surface area contributed by atoms with Crippen LogP contribution >= 0.6 is 0 Å². The van der Waals surface area contributed by atoms with Crippen LogP contribution in [0.3, 0.4) is 0 Å². The van der Waals surface area contributed by atoms with E-state index >= 15 is 0 Å². The van der Waals surface area contributed by atoms with Gasteiger partial charge in [-0.05, 0) is 30.4 Å². The molecule has 2 rings (SSSR count). The lowest BCUT2D eigenvalue weighted by atomic mass is 10.0. The number of nitrogens with one attached hydrogen (secondary N) is 1. The van der Waals surface area contributed by atoms with E-state index in [1.807, 2.05) is 6.07 Å². The van der Waals surface area contributed by atoms with Gasteiger partial charge < -0.3 is 11.1 Å². The van der Waals surface area contributed by atoms with Crippen molar-refractivity contribution in [2.24, 2.45) is 11.7 Å². The summed E-state index contributed by atoms with van der Waals surface area (Å²) in [6, 6.07) is 8.54. The van der Waals surface area contributed by atoms with Crippen molar-refractivity contribution < 1.29 is 4.79 Å². The first kappa shape index (κ1) is 13.1. The molecule has 3 N–H and O–H groups in total. The summed E-state index contributed by atoms with van der Waals surface area (Å²) in [5.74, 6) is 0.0730. The zero-order valence-corrected chi connectivity index (χ0v) is 11.0. The van der Waals surface area contributed by atoms with Gasteiger partial charge >= 0.3 is 0 Å². The Morgan fingerprint density at radius 2 is 2.28 bits per heavy atom. The van der Waals surface area contributed by atoms with E-state index in [2.05, 4.69) is 30.4 Å². The number of nitrogens with two attached hydrogens (primary N) is 1. The highest BCUT2D eigenvalue weighted by atomic mass is 16.1. The van der Waals surface area contributed by atoms with Gasteiger partial charge in [0, 0.05) is 6.54 Å². The summed E-state index contributed by atoms with van der Waals surface area (Å²) in [7, 11) is 0. The molecule has 0 saturated carbocycles. The standard InChI is InChI=1S/C15H22N2O/c1-2-5-12(10-16)15(18)17-14-9-8-11-6-3-4-7-13(11)14/h3-4,6-7,12,14H,2,5,8-10,16H2,1H3,(H,17,18). The quantitative estimate of drug-likeness (QED) is 0.836. The second-order valence-corrected chi connectivity index (χ2v) is 5.02. The van der Waals surface area contributed by atoms with Crippen molar-refractivity contribution in [3.63, 3.8) is 0 Å². The van der Waals surface area contributed by atoms with Crippen LogP contribution in [0.1, 0.15) is 43.4 Å². The molecule has 0 spiro atoms. The zero-order chi connectivity index (χ0) is 13.0. The smallest absolute Gasteiger partial charge is 0.224 e. The van der Waals surface area contributed by atoms with Crippen molar-refractivity contribution in [3.8, 4) is 0 Å². The van der Waals surface area contributed by atoms with Gasteiger partial charge in [0.15, 0.2) is 0 Å². The highest BCUT2D eigenvalue weighted by Gasteiger charge is 2.25. The zero-order valence-electron chi connectivity index (χ0n) is 11.0. The van der Waals surface area contributed by atoms with E-state index in [9.17, 15) is 4.79 Å². The van der Waals surface area contributed by atoms with Crippen molar-refractivity contribution in [1.29, 1.82) is 0 Å². The highest BCUT2D eigenvalue weighted by molar-refractivity contribution is 5.79. The summed E-state index contributed by atoms with van der Waals surface area (Å²) < 4.78 is 0. The molecule has 0 bridgehead atoms. The van der Waals surface area contributed by atoms with E-state index in [0.29, 0.717) is 6.54 Å². The first-order valence-corrected chi connectivity index (χ1v) is 6.84. The molecule has 1 aromatic rings. The molecular formula is C15H22N2O. The second-order valence-electron chi connectivity index (χ2n) is 5.02. The van der Waals surface area contributed by atoms with Gasteiger partial charge in [0.05, 0.1) is 12.0 Å². The number of fused-ring (bicyclic) bond motifs is 1. The summed E-state index contributed by atoms with van der Waals surface area (Å²) >= 11 is 0. The van der Waals surface area contributed by atoms with Crippen LogP contribution in [0.4, 0.5) is 0 Å². The van der Waals surface area contributed by atoms with Crippen molar-refractivity contribution in [2.75, 3.05) is 6.54 Å². The molecule has 0 radical (unpaired) electrons. The maximum atomic E-state index is 12.1. The molecule has 0 aliphatic heterocycles. The van der Waals surface area contributed by atoms with Crippen molar-refractivity contribution in [1.82, 2.24) is 5.32 Å². The van der Waals surface area contributed by atoms with Crippen molar-refractivity contribution >= 4 is 5.91 Å². The highest BCUT2D eigenvalue weighted by Crippen LogP contribution is 2.30. The number of aryl methyl sites for hydroxylation is 1. The summed E-state index contributed by atoms with van der Waals surface area (Å²) in [6.07, 6.45) is 3.93. The van der Waals surface area contributed by atoms with Crippen LogP contribution in [-0.2, 0) is 11.2 Å². The Labute approximate surface area is 109 Å². The molecule has 3 heteroatoms. The minimum absolute atomic E-state index is 0.0391. The number of rotatable bonds is 5. The molecule has 1 amide bonds. The molecule has 2 atom stereocenters. The van der Waals surface area contributed by atoms with Crippen LogP contribution in [0, 0.1) is 5.92 Å². The van der Waals surface area contributed by atoms with Gasteiger partial charge in [0.2, 0.25) is 5.91 Å². The Morgan fingerprint density at radius 1 is 1.50 bits per heavy atom. The third-order valence-electron chi connectivity index (χ3n) is 3.74. The Morgan fingerprint density at radius 3 is 3.00 bits per heavy atom. The van der Waals surface area contributed by atoms with E-state index in [0.717, 1.165) is 25.7 Å².